The third kappa shape index (κ3) is 4.27. The van der Waals surface area contributed by atoms with E-state index < -0.39 is 47.2 Å². The molecule has 3 N–H and O–H groups in total. The van der Waals surface area contributed by atoms with Crippen molar-refractivity contribution in [2.45, 2.75) is 25.7 Å². The standard InChI is InChI=1S/C18H16F3N3O6/c19-18(20,21)12-2-1-9(5-22-12)7-24-11-8-30-4-3-10(11)15(27)14(17(24)29)16(28)23-6-13(25)26/h1-2,5,27H,3-4,6-8H2,(H,23,28)(H,25,26). The van der Waals surface area contributed by atoms with Gasteiger partial charge >= 0.3 is 12.1 Å². The third-order valence-corrected chi connectivity index (χ3v) is 4.47. The van der Waals surface area contributed by atoms with E-state index in [1.165, 1.54) is 0 Å². The zero-order chi connectivity index (χ0) is 22.1. The van der Waals surface area contributed by atoms with E-state index in [2.05, 4.69) is 4.98 Å². The molecular weight excluding hydrogens is 411 g/mol. The maximum atomic E-state index is 12.9. The third-order valence-electron chi connectivity index (χ3n) is 4.47. The van der Waals surface area contributed by atoms with E-state index in [9.17, 15) is 32.7 Å². The Balaban J connectivity index is 2.05. The van der Waals surface area contributed by atoms with Crippen LogP contribution < -0.4 is 10.9 Å². The number of aromatic nitrogens is 2. The number of alkyl halides is 3. The summed E-state index contributed by atoms with van der Waals surface area (Å²) in [5, 5.41) is 21.2. The van der Waals surface area contributed by atoms with E-state index in [4.69, 9.17) is 9.84 Å². The lowest BCUT2D eigenvalue weighted by Crippen LogP contribution is -2.38. The van der Waals surface area contributed by atoms with Gasteiger partial charge in [0.05, 0.1) is 25.5 Å². The SMILES string of the molecule is O=C(O)CNC(=O)c1c(O)c2c(n(Cc3ccc(C(F)(F)F)nc3)c1=O)COCC2. The van der Waals surface area contributed by atoms with Crippen molar-refractivity contribution in [3.05, 3.63) is 56.8 Å². The van der Waals surface area contributed by atoms with Crippen LogP contribution in [0.5, 0.6) is 5.75 Å². The molecule has 160 valence electrons. The summed E-state index contributed by atoms with van der Waals surface area (Å²) in [6, 6.07) is 1.92. The fourth-order valence-electron chi connectivity index (χ4n) is 3.06. The van der Waals surface area contributed by atoms with Crippen LogP contribution in [-0.2, 0) is 35.3 Å². The van der Waals surface area contributed by atoms with Gasteiger partial charge in [-0.15, -0.1) is 0 Å². The fourth-order valence-corrected chi connectivity index (χ4v) is 3.06. The molecule has 3 heterocycles. The maximum Gasteiger partial charge on any atom is 0.433 e. The average molecular weight is 427 g/mol. The molecule has 2 aromatic rings. The topological polar surface area (TPSA) is 131 Å². The lowest BCUT2D eigenvalue weighted by molar-refractivity contribution is -0.141. The number of carbonyl (C=O) groups is 2. The van der Waals surface area contributed by atoms with Gasteiger partial charge < -0.3 is 24.8 Å². The van der Waals surface area contributed by atoms with Crippen molar-refractivity contribution < 1.29 is 37.7 Å². The molecule has 1 aliphatic rings. The monoisotopic (exact) mass is 427 g/mol. The largest absolute Gasteiger partial charge is 0.507 e. The predicted molar refractivity (Wildman–Crippen MR) is 94.0 cm³/mol. The molecule has 9 nitrogen and oxygen atoms in total. The van der Waals surface area contributed by atoms with Crippen molar-refractivity contribution in [2.75, 3.05) is 13.2 Å². The van der Waals surface area contributed by atoms with Gasteiger partial charge in [-0.1, -0.05) is 6.07 Å². The summed E-state index contributed by atoms with van der Waals surface area (Å²) in [6.07, 6.45) is -3.47. The number of fused-ring (bicyclic) bond motifs is 1. The molecule has 0 aromatic carbocycles. The van der Waals surface area contributed by atoms with Gasteiger partial charge in [0.15, 0.2) is 0 Å². The van der Waals surface area contributed by atoms with Gasteiger partial charge in [0.25, 0.3) is 11.5 Å². The van der Waals surface area contributed by atoms with Gasteiger partial charge in [-0.2, -0.15) is 13.2 Å². The molecular formula is C18H16F3N3O6. The van der Waals surface area contributed by atoms with Gasteiger partial charge in [-0.05, 0) is 11.6 Å². The molecule has 0 bridgehead atoms. The molecule has 0 saturated carbocycles. The molecule has 0 fully saturated rings. The molecule has 12 heteroatoms. The molecule has 0 saturated heterocycles. The summed E-state index contributed by atoms with van der Waals surface area (Å²) < 4.78 is 44.5. The van der Waals surface area contributed by atoms with Crippen LogP contribution in [0.15, 0.2) is 23.1 Å². The summed E-state index contributed by atoms with van der Waals surface area (Å²) in [6.45, 7) is -0.824. The number of nitrogens with one attached hydrogen (secondary N) is 1. The number of carboxylic acid groups (broad SMARTS) is 1. The number of pyridine rings is 2. The van der Waals surface area contributed by atoms with Gasteiger partial charge in [0.2, 0.25) is 0 Å². The summed E-state index contributed by atoms with van der Waals surface area (Å²) in [4.78, 5) is 39.3. The quantitative estimate of drug-likeness (QED) is 0.646. The molecule has 30 heavy (non-hydrogen) atoms. The normalized spacial score (nSPS) is 13.6. The van der Waals surface area contributed by atoms with Crippen LogP contribution in [0.25, 0.3) is 0 Å². The molecule has 0 aliphatic carbocycles. The minimum Gasteiger partial charge on any atom is -0.507 e. The van der Waals surface area contributed by atoms with Crippen LogP contribution in [0.4, 0.5) is 13.2 Å². The summed E-state index contributed by atoms with van der Waals surface area (Å²) in [5.41, 5.74) is -1.86. The molecule has 0 spiro atoms. The highest BCUT2D eigenvalue weighted by Gasteiger charge is 2.32. The number of carboxylic acids is 1. The van der Waals surface area contributed by atoms with Crippen LogP contribution in [0.3, 0.4) is 0 Å². The first-order chi connectivity index (χ1) is 14.1. The average Bonchev–Trinajstić information content (AvgIpc) is 2.69. The van der Waals surface area contributed by atoms with Gasteiger partial charge in [0.1, 0.15) is 23.6 Å². The minimum atomic E-state index is -4.61. The minimum absolute atomic E-state index is 0.0524. The van der Waals surface area contributed by atoms with Gasteiger partial charge in [-0.25, -0.2) is 0 Å². The molecule has 2 aromatic heterocycles. The van der Waals surface area contributed by atoms with E-state index in [0.717, 1.165) is 22.9 Å². The van der Waals surface area contributed by atoms with E-state index in [1.807, 2.05) is 5.32 Å². The zero-order valence-corrected chi connectivity index (χ0v) is 15.3. The highest BCUT2D eigenvalue weighted by atomic mass is 19.4. The van der Waals surface area contributed by atoms with Crippen molar-refractivity contribution in [1.82, 2.24) is 14.9 Å². The van der Waals surface area contributed by atoms with Crippen LogP contribution in [0, 0.1) is 0 Å². The summed E-state index contributed by atoms with van der Waals surface area (Å²) in [7, 11) is 0. The Hall–Kier alpha value is -3.41. The fraction of sp³-hybridized carbons (Fsp3) is 0.333. The number of nitrogens with zero attached hydrogens (tertiary/aromatic N) is 2. The van der Waals surface area contributed by atoms with E-state index in [1.54, 1.807) is 0 Å². The van der Waals surface area contributed by atoms with E-state index in [-0.39, 0.29) is 43.0 Å². The molecule has 0 radical (unpaired) electrons. The number of aliphatic carboxylic acids is 1. The van der Waals surface area contributed by atoms with Crippen LogP contribution in [0.1, 0.15) is 32.9 Å². The Morgan fingerprint density at radius 2 is 2.03 bits per heavy atom. The number of carbonyl (C=O) groups excluding carboxylic acids is 1. The first kappa shape index (κ1) is 21.3. The number of amides is 1. The number of rotatable bonds is 5. The first-order valence-corrected chi connectivity index (χ1v) is 8.67. The number of hydrogen-bond donors (Lipinski definition) is 3. The predicted octanol–water partition coefficient (Wildman–Crippen LogP) is 0.903. The lowest BCUT2D eigenvalue weighted by Gasteiger charge is -2.24. The van der Waals surface area contributed by atoms with Crippen LogP contribution in [-0.4, -0.2) is 44.8 Å². The second-order valence-electron chi connectivity index (χ2n) is 6.47. The molecule has 1 amide bonds. The lowest BCUT2D eigenvalue weighted by atomic mass is 10.0. The van der Waals surface area contributed by atoms with Crippen LogP contribution in [0.2, 0.25) is 0 Å². The second-order valence-corrected chi connectivity index (χ2v) is 6.47. The Morgan fingerprint density at radius 1 is 1.30 bits per heavy atom. The van der Waals surface area contributed by atoms with Gasteiger partial charge in [-0.3, -0.25) is 19.4 Å². The number of aromatic hydroxyl groups is 1. The van der Waals surface area contributed by atoms with Crippen molar-refractivity contribution in [3.63, 3.8) is 0 Å². The Bertz CT molecular complexity index is 1050. The summed E-state index contributed by atoms with van der Waals surface area (Å²) in [5.74, 6) is -2.98. The maximum absolute atomic E-state index is 12.9. The Labute approximate surface area is 166 Å². The van der Waals surface area contributed by atoms with Crippen LogP contribution >= 0.6 is 0 Å². The molecule has 0 atom stereocenters. The highest BCUT2D eigenvalue weighted by Crippen LogP contribution is 2.29. The smallest absolute Gasteiger partial charge is 0.433 e. The number of halogens is 3. The highest BCUT2D eigenvalue weighted by molar-refractivity contribution is 5.98. The van der Waals surface area contributed by atoms with Crippen molar-refractivity contribution in [1.29, 1.82) is 0 Å². The van der Waals surface area contributed by atoms with Gasteiger partial charge in [0, 0.05) is 18.2 Å². The zero-order valence-electron chi connectivity index (χ0n) is 15.3. The second kappa shape index (κ2) is 8.14. The van der Waals surface area contributed by atoms with E-state index in [0.29, 0.717) is 0 Å². The van der Waals surface area contributed by atoms with E-state index >= 15 is 0 Å². The summed E-state index contributed by atoms with van der Waals surface area (Å²) >= 11 is 0. The Kier molecular flexibility index (Phi) is 5.78. The molecule has 3 rings (SSSR count). The Morgan fingerprint density at radius 3 is 2.63 bits per heavy atom. The van der Waals surface area contributed by atoms with Crippen molar-refractivity contribution in [3.8, 4) is 5.75 Å². The molecule has 0 unspecified atom stereocenters. The molecule has 1 aliphatic heterocycles. The number of ether oxygens (including phenoxy) is 1. The van der Waals surface area contributed by atoms with Crippen molar-refractivity contribution in [2.24, 2.45) is 0 Å². The first-order valence-electron chi connectivity index (χ1n) is 8.67. The van der Waals surface area contributed by atoms with Crippen molar-refractivity contribution >= 4 is 11.9 Å². The number of hydrogen-bond acceptors (Lipinski definition) is 6.